The SMILES string of the molecule is COc1ccc(-c2nnc(-c3cc(F)c(C4CSC(C)(C)C(=N)N4)s3)o2)cc1. The summed E-state index contributed by atoms with van der Waals surface area (Å²) < 4.78 is 25.2. The summed E-state index contributed by atoms with van der Waals surface area (Å²) in [5.74, 6) is 2.15. The van der Waals surface area contributed by atoms with E-state index in [4.69, 9.17) is 14.6 Å². The monoisotopic (exact) mass is 418 g/mol. The van der Waals surface area contributed by atoms with Gasteiger partial charge in [-0.1, -0.05) is 0 Å². The molecule has 1 saturated heterocycles. The minimum Gasteiger partial charge on any atom is -0.497 e. The van der Waals surface area contributed by atoms with Crippen LogP contribution < -0.4 is 10.1 Å². The number of thioether (sulfide) groups is 1. The second-order valence-electron chi connectivity index (χ2n) is 6.86. The number of rotatable bonds is 4. The molecule has 4 rings (SSSR count). The predicted octanol–water partition coefficient (Wildman–Crippen LogP) is 4.75. The molecule has 9 heteroatoms. The molecule has 1 aliphatic heterocycles. The van der Waals surface area contributed by atoms with E-state index in [1.165, 1.54) is 17.4 Å². The van der Waals surface area contributed by atoms with Gasteiger partial charge < -0.3 is 14.5 Å². The van der Waals surface area contributed by atoms with Crippen molar-refractivity contribution < 1.29 is 13.5 Å². The van der Waals surface area contributed by atoms with Crippen molar-refractivity contribution >= 4 is 28.9 Å². The lowest BCUT2D eigenvalue weighted by Crippen LogP contribution is -2.46. The first kappa shape index (κ1) is 18.9. The van der Waals surface area contributed by atoms with Gasteiger partial charge in [-0.3, -0.25) is 5.41 Å². The highest BCUT2D eigenvalue weighted by molar-refractivity contribution is 8.01. The summed E-state index contributed by atoms with van der Waals surface area (Å²) in [6, 6.07) is 8.45. The quantitative estimate of drug-likeness (QED) is 0.636. The molecule has 3 heterocycles. The highest BCUT2D eigenvalue weighted by Gasteiger charge is 2.35. The molecule has 2 aromatic heterocycles. The van der Waals surface area contributed by atoms with Crippen LogP contribution >= 0.6 is 23.1 Å². The fourth-order valence-corrected chi connectivity index (χ4v) is 4.95. The molecule has 1 unspecified atom stereocenters. The molecule has 0 radical (unpaired) electrons. The number of halogens is 1. The molecule has 1 fully saturated rings. The molecular formula is C19H19FN4O2S2. The summed E-state index contributed by atoms with van der Waals surface area (Å²) in [5, 5.41) is 19.4. The topological polar surface area (TPSA) is 84.0 Å². The van der Waals surface area contributed by atoms with Crippen molar-refractivity contribution in [2.24, 2.45) is 0 Å². The van der Waals surface area contributed by atoms with Gasteiger partial charge in [0.05, 0.1) is 27.7 Å². The van der Waals surface area contributed by atoms with Gasteiger partial charge in [-0.2, -0.15) is 0 Å². The summed E-state index contributed by atoms with van der Waals surface area (Å²) in [6.07, 6.45) is 0. The predicted molar refractivity (Wildman–Crippen MR) is 110 cm³/mol. The van der Waals surface area contributed by atoms with Gasteiger partial charge in [0.25, 0.3) is 5.89 Å². The number of ether oxygens (including phenoxy) is 1. The first-order valence-electron chi connectivity index (χ1n) is 8.64. The molecule has 1 aliphatic rings. The normalized spacial score (nSPS) is 18.7. The number of amidine groups is 1. The standard InChI is InChI=1S/C19H19FN4O2S2/c1-19(2)18(21)22-13(9-27-19)15-12(20)8-14(28-15)17-24-23-16(26-17)10-4-6-11(25-3)7-5-10/h4-8,13H,9H2,1-3H3,(H2,21,22). The highest BCUT2D eigenvalue weighted by Crippen LogP contribution is 2.40. The molecule has 6 nitrogen and oxygen atoms in total. The van der Waals surface area contributed by atoms with Crippen LogP contribution in [0, 0.1) is 11.2 Å². The summed E-state index contributed by atoms with van der Waals surface area (Å²) in [7, 11) is 1.60. The Bertz CT molecular complexity index is 1010. The van der Waals surface area contributed by atoms with Crippen molar-refractivity contribution in [3.8, 4) is 28.0 Å². The third-order valence-corrected chi connectivity index (χ3v) is 7.17. The van der Waals surface area contributed by atoms with E-state index < -0.39 is 0 Å². The lowest BCUT2D eigenvalue weighted by atomic mass is 10.1. The fourth-order valence-electron chi connectivity index (χ4n) is 2.79. The molecule has 0 amide bonds. The summed E-state index contributed by atoms with van der Waals surface area (Å²) in [4.78, 5) is 1.12. The number of hydrogen-bond donors (Lipinski definition) is 2. The maximum atomic E-state index is 14.6. The lowest BCUT2D eigenvalue weighted by molar-refractivity contribution is 0.415. The summed E-state index contributed by atoms with van der Waals surface area (Å²) in [5.41, 5.74) is 0.762. The summed E-state index contributed by atoms with van der Waals surface area (Å²) >= 11 is 2.91. The Hall–Kier alpha value is -2.39. The number of aromatic nitrogens is 2. The van der Waals surface area contributed by atoms with E-state index >= 15 is 0 Å². The molecule has 0 spiro atoms. The van der Waals surface area contributed by atoms with Crippen molar-refractivity contribution in [2.45, 2.75) is 24.6 Å². The Morgan fingerprint density at radius 3 is 2.64 bits per heavy atom. The van der Waals surface area contributed by atoms with Gasteiger partial charge in [0.1, 0.15) is 17.4 Å². The van der Waals surface area contributed by atoms with Crippen molar-refractivity contribution in [3.05, 3.63) is 41.0 Å². The Kier molecular flexibility index (Phi) is 4.88. The Labute approximate surface area is 170 Å². The van der Waals surface area contributed by atoms with Crippen molar-refractivity contribution in [2.75, 3.05) is 12.9 Å². The molecule has 1 atom stereocenters. The van der Waals surface area contributed by atoms with Gasteiger partial charge in [0.15, 0.2) is 0 Å². The van der Waals surface area contributed by atoms with E-state index in [0.29, 0.717) is 27.2 Å². The van der Waals surface area contributed by atoms with Gasteiger partial charge in [-0.25, -0.2) is 4.39 Å². The van der Waals surface area contributed by atoms with Crippen molar-refractivity contribution in [1.82, 2.24) is 15.5 Å². The van der Waals surface area contributed by atoms with Crippen LogP contribution in [0.2, 0.25) is 0 Å². The van der Waals surface area contributed by atoms with E-state index in [0.717, 1.165) is 11.3 Å². The van der Waals surface area contributed by atoms with E-state index in [1.807, 2.05) is 38.1 Å². The van der Waals surface area contributed by atoms with Crippen molar-refractivity contribution in [3.63, 3.8) is 0 Å². The van der Waals surface area contributed by atoms with Crippen LogP contribution in [0.25, 0.3) is 22.2 Å². The maximum absolute atomic E-state index is 14.6. The zero-order valence-electron chi connectivity index (χ0n) is 15.6. The van der Waals surface area contributed by atoms with Gasteiger partial charge in [-0.05, 0) is 44.2 Å². The minimum atomic E-state index is -0.324. The Balaban J connectivity index is 1.57. The highest BCUT2D eigenvalue weighted by atomic mass is 32.2. The molecule has 28 heavy (non-hydrogen) atoms. The zero-order valence-corrected chi connectivity index (χ0v) is 17.2. The van der Waals surface area contributed by atoms with Crippen LogP contribution in [0.15, 0.2) is 34.7 Å². The van der Waals surface area contributed by atoms with E-state index in [-0.39, 0.29) is 22.5 Å². The molecule has 0 aliphatic carbocycles. The molecule has 0 saturated carbocycles. The van der Waals surface area contributed by atoms with Gasteiger partial charge in [0, 0.05) is 11.3 Å². The second kappa shape index (κ2) is 7.21. The van der Waals surface area contributed by atoms with E-state index in [9.17, 15) is 4.39 Å². The molecule has 146 valence electrons. The number of benzene rings is 1. The number of methoxy groups -OCH3 is 1. The van der Waals surface area contributed by atoms with Crippen LogP contribution in [-0.2, 0) is 0 Å². The Morgan fingerprint density at radius 1 is 1.25 bits per heavy atom. The average molecular weight is 419 g/mol. The lowest BCUT2D eigenvalue weighted by Gasteiger charge is -2.35. The third kappa shape index (κ3) is 3.51. The van der Waals surface area contributed by atoms with Gasteiger partial charge in [0.2, 0.25) is 5.89 Å². The Morgan fingerprint density at radius 2 is 1.96 bits per heavy atom. The first-order chi connectivity index (χ1) is 13.4. The maximum Gasteiger partial charge on any atom is 0.258 e. The average Bonchev–Trinajstić information content (AvgIpc) is 3.31. The third-order valence-electron chi connectivity index (χ3n) is 4.53. The smallest absolute Gasteiger partial charge is 0.258 e. The van der Waals surface area contributed by atoms with Gasteiger partial charge in [-0.15, -0.1) is 33.3 Å². The van der Waals surface area contributed by atoms with Crippen LogP contribution in [0.5, 0.6) is 5.75 Å². The number of nitrogens with zero attached hydrogens (tertiary/aromatic N) is 2. The van der Waals surface area contributed by atoms with E-state index in [1.54, 1.807) is 18.9 Å². The van der Waals surface area contributed by atoms with Gasteiger partial charge >= 0.3 is 0 Å². The number of hydrogen-bond acceptors (Lipinski definition) is 7. The summed E-state index contributed by atoms with van der Waals surface area (Å²) in [6.45, 7) is 3.97. The van der Waals surface area contributed by atoms with Crippen LogP contribution in [0.4, 0.5) is 4.39 Å². The fraction of sp³-hybridized carbons (Fsp3) is 0.316. The van der Waals surface area contributed by atoms with Crippen LogP contribution in [0.1, 0.15) is 24.8 Å². The zero-order chi connectivity index (χ0) is 19.9. The van der Waals surface area contributed by atoms with Crippen molar-refractivity contribution in [1.29, 1.82) is 5.41 Å². The number of thiophene rings is 1. The number of nitrogens with one attached hydrogen (secondary N) is 2. The molecule has 2 N–H and O–H groups in total. The minimum absolute atomic E-state index is 0.242. The largest absolute Gasteiger partial charge is 0.497 e. The first-order valence-corrected chi connectivity index (χ1v) is 10.4. The molecule has 1 aromatic carbocycles. The molecular weight excluding hydrogens is 399 g/mol. The molecule has 3 aromatic rings. The second-order valence-corrected chi connectivity index (χ2v) is 9.58. The van der Waals surface area contributed by atoms with Crippen LogP contribution in [0.3, 0.4) is 0 Å². The molecule has 0 bridgehead atoms. The van der Waals surface area contributed by atoms with E-state index in [2.05, 4.69) is 15.5 Å². The van der Waals surface area contributed by atoms with Crippen LogP contribution in [-0.4, -0.2) is 33.6 Å².